The van der Waals surface area contributed by atoms with Gasteiger partial charge in [-0.25, -0.2) is 14.8 Å². The molecule has 2 heterocycles. The van der Waals surface area contributed by atoms with Crippen molar-refractivity contribution in [1.82, 2.24) is 15.3 Å². The third kappa shape index (κ3) is 4.12. The first-order valence-electron chi connectivity index (χ1n) is 12.0. The zero-order chi connectivity index (χ0) is 28.1. The molecule has 194 valence electrons. The molecule has 1 N–H and O–H groups in total. The first-order valence-corrected chi connectivity index (χ1v) is 12.0. The van der Waals surface area contributed by atoms with Crippen LogP contribution in [0.2, 0.25) is 0 Å². The van der Waals surface area contributed by atoms with Crippen LogP contribution in [0.4, 0.5) is 0 Å². The van der Waals surface area contributed by atoms with Crippen molar-refractivity contribution in [3.63, 3.8) is 0 Å². The number of carbonyl (C=O) groups is 2. The van der Waals surface area contributed by atoms with Gasteiger partial charge in [-0.05, 0) is 32.9 Å². The molecule has 1 unspecified atom stereocenters. The van der Waals surface area contributed by atoms with Crippen molar-refractivity contribution in [3.05, 3.63) is 64.5 Å². The third-order valence-corrected chi connectivity index (χ3v) is 6.33. The number of ether oxygens (including phenoxy) is 3. The molecule has 1 aliphatic rings. The van der Waals surface area contributed by atoms with Gasteiger partial charge in [0.05, 0.1) is 47.4 Å². The molecule has 1 atom stereocenters. The zero-order valence-electron chi connectivity index (χ0n) is 21.9. The van der Waals surface area contributed by atoms with Crippen molar-refractivity contribution in [2.45, 2.75) is 32.2 Å². The van der Waals surface area contributed by atoms with Crippen LogP contribution in [0.3, 0.4) is 0 Å². The summed E-state index contributed by atoms with van der Waals surface area (Å²) < 4.78 is 16.6. The lowest BCUT2D eigenvalue weighted by atomic mass is 9.85. The number of rotatable bonds is 3. The summed E-state index contributed by atoms with van der Waals surface area (Å²) in [6.45, 7) is 5.66. The normalized spacial score (nSPS) is 14.8. The summed E-state index contributed by atoms with van der Waals surface area (Å²) in [6.07, 6.45) is 0. The van der Waals surface area contributed by atoms with Crippen molar-refractivity contribution >= 4 is 44.8 Å². The van der Waals surface area contributed by atoms with Crippen LogP contribution in [0.1, 0.15) is 43.4 Å². The van der Waals surface area contributed by atoms with Gasteiger partial charge in [0.1, 0.15) is 29.4 Å². The van der Waals surface area contributed by atoms with Crippen molar-refractivity contribution in [2.24, 2.45) is 0 Å². The van der Waals surface area contributed by atoms with E-state index in [1.165, 1.54) is 26.4 Å². The van der Waals surface area contributed by atoms with Gasteiger partial charge in [-0.3, -0.25) is 4.79 Å². The van der Waals surface area contributed by atoms with Gasteiger partial charge >= 0.3 is 11.9 Å². The fourth-order valence-corrected chi connectivity index (χ4v) is 4.72. The number of methoxy groups -OCH3 is 2. The van der Waals surface area contributed by atoms with Crippen LogP contribution in [0.15, 0.2) is 47.9 Å². The highest BCUT2D eigenvalue weighted by Crippen LogP contribution is 2.48. The Morgan fingerprint density at radius 1 is 0.949 bits per heavy atom. The summed E-state index contributed by atoms with van der Waals surface area (Å²) in [5, 5.41) is 23.6. The van der Waals surface area contributed by atoms with Gasteiger partial charge in [-0.15, -0.1) is 0 Å². The van der Waals surface area contributed by atoms with E-state index in [-0.39, 0.29) is 33.7 Å². The monoisotopic (exact) mass is 521 g/mol. The van der Waals surface area contributed by atoms with Crippen LogP contribution >= 0.6 is 0 Å². The molecule has 1 aromatic heterocycles. The van der Waals surface area contributed by atoms with E-state index in [9.17, 15) is 20.1 Å². The largest absolute Gasteiger partial charge is 0.468 e. The van der Waals surface area contributed by atoms with Gasteiger partial charge in [0.25, 0.3) is 0 Å². The number of carbonyl (C=O) groups excluding carboxylic acids is 2. The Balaban J connectivity index is 1.97. The second-order valence-corrected chi connectivity index (χ2v) is 9.99. The van der Waals surface area contributed by atoms with E-state index in [2.05, 4.69) is 5.32 Å². The van der Waals surface area contributed by atoms with E-state index in [1.54, 1.807) is 0 Å². The molecule has 0 bridgehead atoms. The van der Waals surface area contributed by atoms with E-state index >= 15 is 0 Å². The average Bonchev–Trinajstić information content (AvgIpc) is 2.93. The predicted molar refractivity (Wildman–Crippen MR) is 141 cm³/mol. The van der Waals surface area contributed by atoms with Gasteiger partial charge in [0, 0.05) is 21.9 Å². The fraction of sp³-hybridized carbons (Fsp3) is 0.241. The predicted octanol–water partition coefficient (Wildman–Crippen LogP) is 4.10. The second-order valence-electron chi connectivity index (χ2n) is 9.99. The molecule has 0 radical (unpaired) electrons. The summed E-state index contributed by atoms with van der Waals surface area (Å²) in [4.78, 5) is 36.2. The smallest absolute Gasteiger partial charge is 0.340 e. The summed E-state index contributed by atoms with van der Waals surface area (Å²) in [7, 11) is 2.45. The molecular weight excluding hydrogens is 498 g/mol. The van der Waals surface area contributed by atoms with E-state index < -0.39 is 23.4 Å². The third-order valence-electron chi connectivity index (χ3n) is 6.33. The zero-order valence-corrected chi connectivity index (χ0v) is 21.9. The number of nitriles is 2. The number of fused-ring (bicyclic) bond motifs is 7. The Morgan fingerprint density at radius 3 is 2.08 bits per heavy atom. The first-order chi connectivity index (χ1) is 18.6. The van der Waals surface area contributed by atoms with Gasteiger partial charge in [0.15, 0.2) is 0 Å². The minimum Gasteiger partial charge on any atom is -0.468 e. The summed E-state index contributed by atoms with van der Waals surface area (Å²) in [5.74, 6) is -2.37. The summed E-state index contributed by atoms with van der Waals surface area (Å²) >= 11 is 0. The fourth-order valence-electron chi connectivity index (χ4n) is 4.72. The van der Waals surface area contributed by atoms with Crippen molar-refractivity contribution in [2.75, 3.05) is 14.2 Å². The Bertz CT molecular complexity index is 1840. The van der Waals surface area contributed by atoms with Gasteiger partial charge in [-0.1, -0.05) is 24.3 Å². The minimum atomic E-state index is -1.26. The van der Waals surface area contributed by atoms with Gasteiger partial charge in [0.2, 0.25) is 5.88 Å². The topological polar surface area (TPSA) is 147 Å². The van der Waals surface area contributed by atoms with Crippen LogP contribution in [0.5, 0.6) is 5.75 Å². The lowest BCUT2D eigenvalue weighted by Crippen LogP contribution is -2.41. The molecule has 1 aliphatic heterocycles. The highest BCUT2D eigenvalue weighted by molar-refractivity contribution is 6.14. The van der Waals surface area contributed by atoms with E-state index in [4.69, 9.17) is 24.2 Å². The van der Waals surface area contributed by atoms with Gasteiger partial charge < -0.3 is 19.5 Å². The molecule has 0 aliphatic carbocycles. The second kappa shape index (κ2) is 9.26. The SMILES string of the molecule is COC(=O)C1=C(NC(C)(C)C)Oc2c(c3nc4cc(C#N)c(C#N)cc4nc3c3ccccc23)C1C(=O)OC. The number of aromatic nitrogens is 2. The maximum absolute atomic E-state index is 13.4. The van der Waals surface area contributed by atoms with E-state index in [1.807, 2.05) is 57.2 Å². The van der Waals surface area contributed by atoms with Crippen LogP contribution < -0.4 is 10.1 Å². The number of hydrogen-bond donors (Lipinski definition) is 1. The number of hydrogen-bond acceptors (Lipinski definition) is 10. The number of esters is 2. The molecule has 0 fully saturated rings. The van der Waals surface area contributed by atoms with Crippen molar-refractivity contribution in [1.29, 1.82) is 10.5 Å². The highest BCUT2D eigenvalue weighted by Gasteiger charge is 2.44. The van der Waals surface area contributed by atoms with Crippen molar-refractivity contribution in [3.8, 4) is 17.9 Å². The molecule has 10 heteroatoms. The Morgan fingerprint density at radius 2 is 1.54 bits per heavy atom. The molecule has 0 amide bonds. The first kappa shape index (κ1) is 25.4. The molecule has 3 aromatic carbocycles. The van der Waals surface area contributed by atoms with Crippen LogP contribution in [0.25, 0.3) is 32.8 Å². The summed E-state index contributed by atoms with van der Waals surface area (Å²) in [6, 6.07) is 14.3. The highest BCUT2D eigenvalue weighted by atomic mass is 16.5. The van der Waals surface area contributed by atoms with Crippen LogP contribution in [-0.4, -0.2) is 41.7 Å². The molecule has 4 aromatic rings. The standard InChI is InChI=1S/C29H23N5O5/c1-29(2,3)34-26-22(28(36)38-5)20(27(35)37-4)21-24-23(16-8-6-7-9-17(16)25(21)39-26)32-18-10-14(12-30)15(13-31)11-19(18)33-24/h6-11,20,34H,1-5H3. The Hall–Kier alpha value is -5.22. The Labute approximate surface area is 223 Å². The van der Waals surface area contributed by atoms with Crippen LogP contribution in [-0.2, 0) is 19.1 Å². The van der Waals surface area contributed by atoms with Crippen LogP contribution in [0, 0.1) is 22.7 Å². The number of nitrogens with zero attached hydrogens (tertiary/aromatic N) is 4. The van der Waals surface area contributed by atoms with E-state index in [0.717, 1.165) is 0 Å². The lowest BCUT2D eigenvalue weighted by molar-refractivity contribution is -0.145. The molecule has 0 saturated carbocycles. The molecule has 5 rings (SSSR count). The maximum atomic E-state index is 13.4. The van der Waals surface area contributed by atoms with Crippen molar-refractivity contribution < 1.29 is 23.8 Å². The quantitative estimate of drug-likeness (QED) is 0.237. The molecular formula is C29H23N5O5. The number of benzene rings is 3. The average molecular weight is 522 g/mol. The Kier molecular flexibility index (Phi) is 6.04. The lowest BCUT2D eigenvalue weighted by Gasteiger charge is -2.33. The molecule has 0 spiro atoms. The summed E-state index contributed by atoms with van der Waals surface area (Å²) in [5.41, 5.74) is 1.44. The molecule has 39 heavy (non-hydrogen) atoms. The molecule has 0 saturated heterocycles. The number of nitrogens with one attached hydrogen (secondary N) is 1. The molecule has 10 nitrogen and oxygen atoms in total. The van der Waals surface area contributed by atoms with E-state index in [0.29, 0.717) is 33.1 Å². The minimum absolute atomic E-state index is 0.0669. The maximum Gasteiger partial charge on any atom is 0.340 e. The van der Waals surface area contributed by atoms with Gasteiger partial charge in [-0.2, -0.15) is 10.5 Å².